The third kappa shape index (κ3) is 3.16. The SMILES string of the molecule is C#CCC(NC(=O)N(CC)C1CC1)C(=O)O. The first-order valence-corrected chi connectivity index (χ1v) is 5.33. The number of amides is 2. The normalized spacial score (nSPS) is 16.0. The van der Waals surface area contributed by atoms with Crippen LogP contribution >= 0.6 is 0 Å². The van der Waals surface area contributed by atoms with Crippen LogP contribution in [0.3, 0.4) is 0 Å². The monoisotopic (exact) mass is 224 g/mol. The molecule has 1 saturated carbocycles. The van der Waals surface area contributed by atoms with Gasteiger partial charge in [-0.2, -0.15) is 0 Å². The summed E-state index contributed by atoms with van der Waals surface area (Å²) in [6.07, 6.45) is 7.04. The zero-order valence-electron chi connectivity index (χ0n) is 9.27. The minimum Gasteiger partial charge on any atom is -0.480 e. The number of hydrogen-bond acceptors (Lipinski definition) is 2. The van der Waals surface area contributed by atoms with Gasteiger partial charge in [-0.25, -0.2) is 9.59 Å². The van der Waals surface area contributed by atoms with E-state index in [1.54, 1.807) is 4.90 Å². The highest BCUT2D eigenvalue weighted by atomic mass is 16.4. The molecule has 0 aliphatic heterocycles. The molecular weight excluding hydrogens is 208 g/mol. The lowest BCUT2D eigenvalue weighted by Crippen LogP contribution is -2.48. The molecule has 2 amide bonds. The summed E-state index contributed by atoms with van der Waals surface area (Å²) < 4.78 is 0. The fourth-order valence-electron chi connectivity index (χ4n) is 1.50. The van der Waals surface area contributed by atoms with Crippen LogP contribution in [0.25, 0.3) is 0 Å². The van der Waals surface area contributed by atoms with Gasteiger partial charge in [0.2, 0.25) is 0 Å². The number of carbonyl (C=O) groups excluding carboxylic acids is 1. The topological polar surface area (TPSA) is 69.6 Å². The van der Waals surface area contributed by atoms with Crippen LogP contribution < -0.4 is 5.32 Å². The summed E-state index contributed by atoms with van der Waals surface area (Å²) in [6.45, 7) is 2.45. The average Bonchev–Trinajstić information content (AvgIpc) is 3.02. The summed E-state index contributed by atoms with van der Waals surface area (Å²) >= 11 is 0. The number of carboxylic acids is 1. The molecule has 1 atom stereocenters. The lowest BCUT2D eigenvalue weighted by Gasteiger charge is -2.22. The summed E-state index contributed by atoms with van der Waals surface area (Å²) in [7, 11) is 0. The smallest absolute Gasteiger partial charge is 0.327 e. The van der Waals surface area contributed by atoms with E-state index >= 15 is 0 Å². The highest BCUT2D eigenvalue weighted by molar-refractivity contribution is 5.83. The Balaban J connectivity index is 2.53. The molecule has 0 spiro atoms. The highest BCUT2D eigenvalue weighted by Crippen LogP contribution is 2.26. The number of carboxylic acid groups (broad SMARTS) is 1. The summed E-state index contributed by atoms with van der Waals surface area (Å²) in [5, 5.41) is 11.3. The molecular formula is C11H16N2O3. The third-order valence-electron chi connectivity index (χ3n) is 2.51. The number of nitrogens with zero attached hydrogens (tertiary/aromatic N) is 1. The Kier molecular flexibility index (Phi) is 4.18. The van der Waals surface area contributed by atoms with Gasteiger partial charge in [0.15, 0.2) is 0 Å². The van der Waals surface area contributed by atoms with Crippen LogP contribution in [0.15, 0.2) is 0 Å². The minimum atomic E-state index is -1.10. The van der Waals surface area contributed by atoms with Crippen molar-refractivity contribution in [3.63, 3.8) is 0 Å². The van der Waals surface area contributed by atoms with E-state index < -0.39 is 12.0 Å². The van der Waals surface area contributed by atoms with Gasteiger partial charge in [-0.1, -0.05) is 0 Å². The van der Waals surface area contributed by atoms with Gasteiger partial charge in [-0.3, -0.25) is 0 Å². The maximum absolute atomic E-state index is 11.7. The molecule has 5 nitrogen and oxygen atoms in total. The van der Waals surface area contributed by atoms with E-state index in [1.807, 2.05) is 6.92 Å². The maximum atomic E-state index is 11.7. The molecule has 0 aromatic rings. The minimum absolute atomic E-state index is 0.00327. The van der Waals surface area contributed by atoms with E-state index in [-0.39, 0.29) is 18.5 Å². The van der Waals surface area contributed by atoms with E-state index in [0.29, 0.717) is 6.54 Å². The fraction of sp³-hybridized carbons (Fsp3) is 0.636. The second kappa shape index (κ2) is 5.40. The second-order valence-electron chi connectivity index (χ2n) is 3.77. The first kappa shape index (κ1) is 12.4. The van der Waals surface area contributed by atoms with Crippen LogP contribution in [0, 0.1) is 12.3 Å². The van der Waals surface area contributed by atoms with Crippen molar-refractivity contribution in [3.8, 4) is 12.3 Å². The summed E-state index contributed by atoms with van der Waals surface area (Å²) in [5.41, 5.74) is 0. The first-order chi connectivity index (χ1) is 7.60. The zero-order valence-corrected chi connectivity index (χ0v) is 9.27. The molecule has 0 bridgehead atoms. The van der Waals surface area contributed by atoms with E-state index in [0.717, 1.165) is 12.8 Å². The van der Waals surface area contributed by atoms with E-state index in [9.17, 15) is 9.59 Å². The Morgan fingerprint density at radius 3 is 2.62 bits per heavy atom. The van der Waals surface area contributed by atoms with E-state index in [4.69, 9.17) is 11.5 Å². The first-order valence-electron chi connectivity index (χ1n) is 5.33. The number of carbonyl (C=O) groups is 2. The van der Waals surface area contributed by atoms with Gasteiger partial charge in [-0.05, 0) is 19.8 Å². The number of aliphatic carboxylic acids is 1. The number of rotatable bonds is 5. The van der Waals surface area contributed by atoms with Gasteiger partial charge in [0.1, 0.15) is 6.04 Å². The quantitative estimate of drug-likeness (QED) is 0.674. The summed E-state index contributed by atoms with van der Waals surface area (Å²) in [6, 6.07) is -1.07. The molecule has 0 saturated heterocycles. The Morgan fingerprint density at radius 2 is 2.25 bits per heavy atom. The zero-order chi connectivity index (χ0) is 12.1. The van der Waals surface area contributed by atoms with Gasteiger partial charge in [0.25, 0.3) is 0 Å². The van der Waals surface area contributed by atoms with Crippen LogP contribution in [0.1, 0.15) is 26.2 Å². The molecule has 88 valence electrons. The standard InChI is InChI=1S/C11H16N2O3/c1-3-5-9(10(14)15)12-11(16)13(4-2)8-6-7-8/h1,8-9H,4-7H2,2H3,(H,12,16)(H,14,15). The van der Waals surface area contributed by atoms with Crippen molar-refractivity contribution in [1.82, 2.24) is 10.2 Å². The van der Waals surface area contributed by atoms with Crippen LogP contribution in [0.4, 0.5) is 4.79 Å². The fourth-order valence-corrected chi connectivity index (χ4v) is 1.50. The van der Waals surface area contributed by atoms with Gasteiger partial charge < -0.3 is 15.3 Å². The van der Waals surface area contributed by atoms with E-state index in [2.05, 4.69) is 11.2 Å². The van der Waals surface area contributed by atoms with Crippen molar-refractivity contribution >= 4 is 12.0 Å². The molecule has 1 aliphatic rings. The summed E-state index contributed by atoms with van der Waals surface area (Å²) in [4.78, 5) is 24.2. The number of nitrogens with one attached hydrogen (secondary N) is 1. The van der Waals surface area contributed by atoms with Crippen LogP contribution in [-0.4, -0.2) is 40.6 Å². The molecule has 1 unspecified atom stereocenters. The number of terminal acetylenes is 1. The van der Waals surface area contributed by atoms with Gasteiger partial charge >= 0.3 is 12.0 Å². The highest BCUT2D eigenvalue weighted by Gasteiger charge is 2.32. The Bertz CT molecular complexity index is 318. The van der Waals surface area contributed by atoms with Crippen molar-refractivity contribution in [2.45, 2.75) is 38.3 Å². The van der Waals surface area contributed by atoms with Crippen molar-refractivity contribution in [2.24, 2.45) is 0 Å². The van der Waals surface area contributed by atoms with Crippen molar-refractivity contribution in [3.05, 3.63) is 0 Å². The largest absolute Gasteiger partial charge is 0.480 e. The molecule has 16 heavy (non-hydrogen) atoms. The molecule has 5 heteroatoms. The lowest BCUT2D eigenvalue weighted by molar-refractivity contribution is -0.139. The van der Waals surface area contributed by atoms with E-state index in [1.165, 1.54) is 0 Å². The number of urea groups is 1. The van der Waals surface area contributed by atoms with Gasteiger partial charge in [-0.15, -0.1) is 12.3 Å². The van der Waals surface area contributed by atoms with Crippen molar-refractivity contribution < 1.29 is 14.7 Å². The predicted octanol–water partition coefficient (Wildman–Crippen LogP) is 0.657. The maximum Gasteiger partial charge on any atom is 0.327 e. The lowest BCUT2D eigenvalue weighted by atomic mass is 10.2. The molecule has 0 aromatic carbocycles. The molecule has 1 fully saturated rings. The number of hydrogen-bond donors (Lipinski definition) is 2. The van der Waals surface area contributed by atoms with Crippen LogP contribution in [-0.2, 0) is 4.79 Å². The molecule has 0 radical (unpaired) electrons. The average molecular weight is 224 g/mol. The molecule has 1 aliphatic carbocycles. The summed E-state index contributed by atoms with van der Waals surface area (Å²) in [5.74, 6) is 1.14. The van der Waals surface area contributed by atoms with Crippen molar-refractivity contribution in [1.29, 1.82) is 0 Å². The molecule has 0 aromatic heterocycles. The van der Waals surface area contributed by atoms with Crippen LogP contribution in [0.2, 0.25) is 0 Å². The van der Waals surface area contributed by atoms with Crippen LogP contribution in [0.5, 0.6) is 0 Å². The molecule has 2 N–H and O–H groups in total. The van der Waals surface area contributed by atoms with Gasteiger partial charge in [0, 0.05) is 19.0 Å². The van der Waals surface area contributed by atoms with Crippen molar-refractivity contribution in [2.75, 3.05) is 6.54 Å². The Morgan fingerprint density at radius 1 is 1.62 bits per heavy atom. The Labute approximate surface area is 94.8 Å². The second-order valence-corrected chi connectivity index (χ2v) is 3.77. The molecule has 1 rings (SSSR count). The molecule has 0 heterocycles. The predicted molar refractivity (Wildman–Crippen MR) is 58.8 cm³/mol. The third-order valence-corrected chi connectivity index (χ3v) is 2.51. The Hall–Kier alpha value is -1.70. The van der Waals surface area contributed by atoms with Gasteiger partial charge in [0.05, 0.1) is 0 Å².